The molecule has 1 fully saturated rings. The normalized spacial score (nSPS) is 15.8. The Bertz CT molecular complexity index is 391. The lowest BCUT2D eigenvalue weighted by molar-refractivity contribution is 0.0999. The van der Waals surface area contributed by atoms with Crippen molar-refractivity contribution in [2.24, 2.45) is 5.73 Å². The zero-order valence-electron chi connectivity index (χ0n) is 8.00. The summed E-state index contributed by atoms with van der Waals surface area (Å²) in [5.74, 6) is -1.05. The number of primary amides is 1. The number of nitrogens with two attached hydrogens (primary N) is 1. The zero-order chi connectivity index (χ0) is 10.8. The summed E-state index contributed by atoms with van der Waals surface area (Å²) < 4.78 is 18.7. The standard InChI is InChI=1S/C10H11FN2O2/c11-8-3-6(10(12)14)1-2-9(8)15-7-4-13-5-7/h1-3,7,13H,4-5H2,(H2,12,14). The first kappa shape index (κ1) is 9.92. The molecular formula is C10H11FN2O2. The number of amides is 1. The molecule has 0 radical (unpaired) electrons. The van der Waals surface area contributed by atoms with Crippen LogP contribution in [0.1, 0.15) is 10.4 Å². The summed E-state index contributed by atoms with van der Waals surface area (Å²) in [7, 11) is 0. The van der Waals surface area contributed by atoms with Crippen LogP contribution >= 0.6 is 0 Å². The quantitative estimate of drug-likeness (QED) is 0.753. The molecule has 0 atom stereocenters. The monoisotopic (exact) mass is 210 g/mol. The van der Waals surface area contributed by atoms with Crippen LogP contribution in [0.15, 0.2) is 18.2 Å². The van der Waals surface area contributed by atoms with Gasteiger partial charge in [-0.25, -0.2) is 4.39 Å². The molecule has 0 aromatic heterocycles. The summed E-state index contributed by atoms with van der Waals surface area (Å²) in [5, 5.41) is 3.01. The van der Waals surface area contributed by atoms with Crippen LogP contribution in [-0.2, 0) is 0 Å². The van der Waals surface area contributed by atoms with Gasteiger partial charge in [-0.05, 0) is 18.2 Å². The molecule has 1 aliphatic heterocycles. The van der Waals surface area contributed by atoms with Gasteiger partial charge in [-0.2, -0.15) is 0 Å². The molecule has 1 aromatic rings. The number of carbonyl (C=O) groups is 1. The highest BCUT2D eigenvalue weighted by Crippen LogP contribution is 2.20. The van der Waals surface area contributed by atoms with Gasteiger partial charge in [-0.1, -0.05) is 0 Å². The van der Waals surface area contributed by atoms with Gasteiger partial charge in [0.25, 0.3) is 0 Å². The molecule has 1 aliphatic rings. The Morgan fingerprint density at radius 3 is 2.73 bits per heavy atom. The maximum absolute atomic E-state index is 13.4. The number of hydrogen-bond donors (Lipinski definition) is 2. The van der Waals surface area contributed by atoms with E-state index in [1.165, 1.54) is 12.1 Å². The number of benzene rings is 1. The minimum absolute atomic E-state index is 0.0129. The topological polar surface area (TPSA) is 64.4 Å². The molecule has 15 heavy (non-hydrogen) atoms. The molecule has 5 heteroatoms. The molecular weight excluding hydrogens is 199 g/mol. The lowest BCUT2D eigenvalue weighted by atomic mass is 10.2. The van der Waals surface area contributed by atoms with E-state index in [0.717, 1.165) is 19.2 Å². The lowest BCUT2D eigenvalue weighted by Gasteiger charge is -2.27. The van der Waals surface area contributed by atoms with Gasteiger partial charge >= 0.3 is 0 Å². The molecule has 0 aliphatic carbocycles. The van der Waals surface area contributed by atoms with Gasteiger partial charge in [0, 0.05) is 18.7 Å². The Morgan fingerprint density at radius 1 is 1.53 bits per heavy atom. The van der Waals surface area contributed by atoms with Crippen LogP contribution in [0.2, 0.25) is 0 Å². The van der Waals surface area contributed by atoms with Crippen molar-refractivity contribution in [3.8, 4) is 5.75 Å². The molecule has 4 nitrogen and oxygen atoms in total. The highest BCUT2D eigenvalue weighted by atomic mass is 19.1. The van der Waals surface area contributed by atoms with Crippen molar-refractivity contribution < 1.29 is 13.9 Å². The minimum Gasteiger partial charge on any atom is -0.485 e. The van der Waals surface area contributed by atoms with Gasteiger partial charge in [0.15, 0.2) is 11.6 Å². The van der Waals surface area contributed by atoms with Crippen LogP contribution in [-0.4, -0.2) is 25.1 Å². The Morgan fingerprint density at radius 2 is 2.27 bits per heavy atom. The number of halogens is 1. The number of carbonyl (C=O) groups excluding carboxylic acids is 1. The predicted molar refractivity (Wildman–Crippen MR) is 52.2 cm³/mol. The molecule has 0 saturated carbocycles. The first-order valence-corrected chi connectivity index (χ1v) is 4.63. The third-order valence-electron chi connectivity index (χ3n) is 2.25. The molecule has 0 spiro atoms. The lowest BCUT2D eigenvalue weighted by Crippen LogP contribution is -2.50. The van der Waals surface area contributed by atoms with Gasteiger partial charge < -0.3 is 15.8 Å². The molecule has 1 heterocycles. The van der Waals surface area contributed by atoms with Crippen LogP contribution in [0.3, 0.4) is 0 Å². The van der Waals surface area contributed by atoms with Crippen LogP contribution in [0.25, 0.3) is 0 Å². The summed E-state index contributed by atoms with van der Waals surface area (Å²) in [6.07, 6.45) is 0.0129. The number of ether oxygens (including phenoxy) is 1. The van der Waals surface area contributed by atoms with Crippen molar-refractivity contribution in [2.45, 2.75) is 6.10 Å². The average Bonchev–Trinajstić information content (AvgIpc) is 2.12. The number of nitrogens with one attached hydrogen (secondary N) is 1. The zero-order valence-corrected chi connectivity index (χ0v) is 8.00. The maximum Gasteiger partial charge on any atom is 0.248 e. The van der Waals surface area contributed by atoms with Crippen molar-refractivity contribution in [1.29, 1.82) is 0 Å². The van der Waals surface area contributed by atoms with Crippen LogP contribution < -0.4 is 15.8 Å². The summed E-state index contributed by atoms with van der Waals surface area (Å²) in [4.78, 5) is 10.8. The Kier molecular flexibility index (Phi) is 2.55. The molecule has 2 rings (SSSR count). The van der Waals surface area contributed by atoms with E-state index >= 15 is 0 Å². The maximum atomic E-state index is 13.4. The number of hydrogen-bond acceptors (Lipinski definition) is 3. The molecule has 1 amide bonds. The SMILES string of the molecule is NC(=O)c1ccc(OC2CNC2)c(F)c1. The Balaban J connectivity index is 2.14. The highest BCUT2D eigenvalue weighted by Gasteiger charge is 2.20. The first-order chi connectivity index (χ1) is 7.16. The van der Waals surface area contributed by atoms with E-state index in [2.05, 4.69) is 5.32 Å². The van der Waals surface area contributed by atoms with Crippen LogP contribution in [0.4, 0.5) is 4.39 Å². The largest absolute Gasteiger partial charge is 0.485 e. The van der Waals surface area contributed by atoms with E-state index in [1.807, 2.05) is 0 Å². The summed E-state index contributed by atoms with van der Waals surface area (Å²) in [6.45, 7) is 1.44. The number of rotatable bonds is 3. The fraction of sp³-hybridized carbons (Fsp3) is 0.300. The smallest absolute Gasteiger partial charge is 0.248 e. The van der Waals surface area contributed by atoms with Crippen molar-refractivity contribution in [1.82, 2.24) is 5.32 Å². The average molecular weight is 210 g/mol. The highest BCUT2D eigenvalue weighted by molar-refractivity contribution is 5.92. The van der Waals surface area contributed by atoms with Crippen LogP contribution in [0.5, 0.6) is 5.75 Å². The van der Waals surface area contributed by atoms with E-state index in [1.54, 1.807) is 0 Å². The van der Waals surface area contributed by atoms with Crippen molar-refractivity contribution in [2.75, 3.05) is 13.1 Å². The second-order valence-electron chi connectivity index (χ2n) is 3.41. The molecule has 3 N–H and O–H groups in total. The van der Waals surface area contributed by atoms with E-state index in [9.17, 15) is 9.18 Å². The van der Waals surface area contributed by atoms with Crippen molar-refractivity contribution >= 4 is 5.91 Å². The van der Waals surface area contributed by atoms with Gasteiger partial charge in [0.1, 0.15) is 6.10 Å². The fourth-order valence-corrected chi connectivity index (χ4v) is 1.27. The third kappa shape index (κ3) is 2.07. The second kappa shape index (κ2) is 3.86. The van der Waals surface area contributed by atoms with E-state index < -0.39 is 11.7 Å². The van der Waals surface area contributed by atoms with E-state index in [-0.39, 0.29) is 17.4 Å². The third-order valence-corrected chi connectivity index (χ3v) is 2.25. The van der Waals surface area contributed by atoms with Crippen molar-refractivity contribution in [3.63, 3.8) is 0 Å². The van der Waals surface area contributed by atoms with E-state index in [4.69, 9.17) is 10.5 Å². The summed E-state index contributed by atoms with van der Waals surface area (Å²) >= 11 is 0. The first-order valence-electron chi connectivity index (χ1n) is 4.63. The van der Waals surface area contributed by atoms with Crippen molar-refractivity contribution in [3.05, 3.63) is 29.6 Å². The van der Waals surface area contributed by atoms with Crippen LogP contribution in [0, 0.1) is 5.82 Å². The summed E-state index contributed by atoms with van der Waals surface area (Å²) in [6, 6.07) is 3.96. The molecule has 80 valence electrons. The minimum atomic E-state index is -0.647. The molecule has 0 bridgehead atoms. The second-order valence-corrected chi connectivity index (χ2v) is 3.41. The predicted octanol–water partition coefficient (Wildman–Crippen LogP) is 0.275. The fourth-order valence-electron chi connectivity index (χ4n) is 1.27. The molecule has 0 unspecified atom stereocenters. The van der Waals surface area contributed by atoms with Gasteiger partial charge in [0.05, 0.1) is 0 Å². The Hall–Kier alpha value is -1.62. The summed E-state index contributed by atoms with van der Waals surface area (Å²) in [5.41, 5.74) is 5.16. The van der Waals surface area contributed by atoms with Gasteiger partial charge in [-0.15, -0.1) is 0 Å². The van der Waals surface area contributed by atoms with E-state index in [0.29, 0.717) is 0 Å². The molecule has 1 aromatic carbocycles. The van der Waals surface area contributed by atoms with Gasteiger partial charge in [0.2, 0.25) is 5.91 Å². The molecule has 1 saturated heterocycles. The van der Waals surface area contributed by atoms with Gasteiger partial charge in [-0.3, -0.25) is 4.79 Å². The Labute approximate surface area is 86.2 Å².